The first-order valence-electron chi connectivity index (χ1n) is 7.33. The fraction of sp³-hybridized carbons (Fsp3) is 0.562. The molecule has 116 valence electrons. The number of methoxy groups -OCH3 is 2. The quantitative estimate of drug-likeness (QED) is 0.663. The van der Waals surface area contributed by atoms with Crippen LogP contribution in [0.5, 0.6) is 11.5 Å². The van der Waals surface area contributed by atoms with Crippen molar-refractivity contribution in [2.45, 2.75) is 43.0 Å². The number of amides is 1. The van der Waals surface area contributed by atoms with Crippen molar-refractivity contribution < 1.29 is 14.3 Å². The van der Waals surface area contributed by atoms with E-state index in [0.717, 1.165) is 19.3 Å². The summed E-state index contributed by atoms with van der Waals surface area (Å²) >= 11 is 3.70. The van der Waals surface area contributed by atoms with E-state index in [1.807, 2.05) is 6.07 Å². The molecule has 1 aromatic carbocycles. The molecule has 1 aliphatic carbocycles. The van der Waals surface area contributed by atoms with Crippen LogP contribution in [0.25, 0.3) is 0 Å². The maximum absolute atomic E-state index is 12.6. The predicted molar refractivity (Wildman–Crippen MR) is 86.6 cm³/mol. The lowest BCUT2D eigenvalue weighted by atomic mass is 10.1. The van der Waals surface area contributed by atoms with Crippen LogP contribution >= 0.6 is 15.9 Å². The number of alkyl halides is 1. The molecule has 0 heterocycles. The van der Waals surface area contributed by atoms with E-state index in [9.17, 15) is 4.79 Å². The molecule has 0 saturated heterocycles. The zero-order valence-electron chi connectivity index (χ0n) is 12.5. The second-order valence-corrected chi connectivity index (χ2v) is 6.45. The van der Waals surface area contributed by atoms with Crippen molar-refractivity contribution in [2.75, 3.05) is 14.2 Å². The SMILES string of the molecule is COc1cccc(OC)c1C(=O)NC1CCCCCC1Br. The molecule has 2 atom stereocenters. The molecule has 2 unspecified atom stereocenters. The molecule has 5 heteroatoms. The summed E-state index contributed by atoms with van der Waals surface area (Å²) in [5, 5.41) is 3.13. The largest absolute Gasteiger partial charge is 0.496 e. The average molecular weight is 356 g/mol. The minimum absolute atomic E-state index is 0.138. The Morgan fingerprint density at radius 1 is 1.14 bits per heavy atom. The third-order valence-corrected chi connectivity index (χ3v) is 5.00. The van der Waals surface area contributed by atoms with Crippen LogP contribution in [0.4, 0.5) is 0 Å². The van der Waals surface area contributed by atoms with Crippen molar-refractivity contribution in [1.82, 2.24) is 5.32 Å². The zero-order valence-corrected chi connectivity index (χ0v) is 14.1. The first-order valence-corrected chi connectivity index (χ1v) is 8.25. The number of nitrogens with one attached hydrogen (secondary N) is 1. The van der Waals surface area contributed by atoms with E-state index in [2.05, 4.69) is 21.2 Å². The van der Waals surface area contributed by atoms with E-state index in [0.29, 0.717) is 21.9 Å². The molecule has 0 spiro atoms. The molecule has 0 bridgehead atoms. The van der Waals surface area contributed by atoms with Gasteiger partial charge in [0.2, 0.25) is 0 Å². The maximum atomic E-state index is 12.6. The van der Waals surface area contributed by atoms with E-state index in [1.54, 1.807) is 26.4 Å². The highest BCUT2D eigenvalue weighted by Gasteiger charge is 2.26. The molecule has 1 aliphatic rings. The summed E-state index contributed by atoms with van der Waals surface area (Å²) in [7, 11) is 3.12. The first kappa shape index (κ1) is 16.1. The second-order valence-electron chi connectivity index (χ2n) is 5.27. The number of rotatable bonds is 4. The van der Waals surface area contributed by atoms with Crippen molar-refractivity contribution in [2.24, 2.45) is 0 Å². The van der Waals surface area contributed by atoms with Crippen LogP contribution in [0.1, 0.15) is 42.5 Å². The Hall–Kier alpha value is -1.23. The lowest BCUT2D eigenvalue weighted by Gasteiger charge is -2.22. The molecule has 1 saturated carbocycles. The zero-order chi connectivity index (χ0) is 15.2. The molecule has 4 nitrogen and oxygen atoms in total. The van der Waals surface area contributed by atoms with Crippen molar-refractivity contribution >= 4 is 21.8 Å². The van der Waals surface area contributed by atoms with Gasteiger partial charge in [-0.3, -0.25) is 4.79 Å². The van der Waals surface area contributed by atoms with Gasteiger partial charge >= 0.3 is 0 Å². The number of hydrogen-bond acceptors (Lipinski definition) is 3. The Morgan fingerprint density at radius 3 is 2.38 bits per heavy atom. The van der Waals surface area contributed by atoms with Crippen molar-refractivity contribution in [3.63, 3.8) is 0 Å². The Balaban J connectivity index is 2.19. The normalized spacial score (nSPS) is 22.2. The number of halogens is 1. The summed E-state index contributed by atoms with van der Waals surface area (Å²) in [5.41, 5.74) is 0.464. The fourth-order valence-corrected chi connectivity index (χ4v) is 3.46. The Labute approximate surface area is 134 Å². The number of carbonyl (C=O) groups is 1. The first-order chi connectivity index (χ1) is 10.2. The van der Waals surface area contributed by atoms with Crippen LogP contribution in [0.15, 0.2) is 18.2 Å². The molecular weight excluding hydrogens is 334 g/mol. The lowest BCUT2D eigenvalue weighted by molar-refractivity contribution is 0.0928. The van der Waals surface area contributed by atoms with Crippen LogP contribution in [-0.4, -0.2) is 31.0 Å². The minimum Gasteiger partial charge on any atom is -0.496 e. The summed E-state index contributed by atoms with van der Waals surface area (Å²) in [4.78, 5) is 13.0. The lowest BCUT2D eigenvalue weighted by Crippen LogP contribution is -2.40. The van der Waals surface area contributed by atoms with E-state index < -0.39 is 0 Å². The summed E-state index contributed by atoms with van der Waals surface area (Å²) < 4.78 is 10.6. The Bertz CT molecular complexity index is 470. The highest BCUT2D eigenvalue weighted by Crippen LogP contribution is 2.29. The number of benzene rings is 1. The van der Waals surface area contributed by atoms with Gasteiger partial charge in [0.15, 0.2) is 0 Å². The Morgan fingerprint density at radius 2 is 1.76 bits per heavy atom. The molecule has 0 aromatic heterocycles. The smallest absolute Gasteiger partial charge is 0.259 e. The van der Waals surface area contributed by atoms with Crippen LogP contribution in [0.3, 0.4) is 0 Å². The minimum atomic E-state index is -0.138. The van der Waals surface area contributed by atoms with E-state index in [4.69, 9.17) is 9.47 Å². The fourth-order valence-electron chi connectivity index (χ4n) is 2.74. The highest BCUT2D eigenvalue weighted by molar-refractivity contribution is 9.09. The van der Waals surface area contributed by atoms with Gasteiger partial charge in [-0.15, -0.1) is 0 Å². The molecule has 1 amide bonds. The van der Waals surface area contributed by atoms with Crippen LogP contribution < -0.4 is 14.8 Å². The summed E-state index contributed by atoms with van der Waals surface area (Å²) in [6.07, 6.45) is 5.68. The van der Waals surface area contributed by atoms with Crippen LogP contribution in [-0.2, 0) is 0 Å². The highest BCUT2D eigenvalue weighted by atomic mass is 79.9. The monoisotopic (exact) mass is 355 g/mol. The molecule has 0 radical (unpaired) electrons. The van der Waals surface area contributed by atoms with E-state index in [-0.39, 0.29) is 11.9 Å². The number of hydrogen-bond donors (Lipinski definition) is 1. The van der Waals surface area contributed by atoms with Gasteiger partial charge in [0.05, 0.1) is 14.2 Å². The summed E-state index contributed by atoms with van der Waals surface area (Å²) in [6.45, 7) is 0. The van der Waals surface area contributed by atoms with Gasteiger partial charge in [0, 0.05) is 10.9 Å². The second kappa shape index (κ2) is 7.69. The number of ether oxygens (including phenoxy) is 2. The maximum Gasteiger partial charge on any atom is 0.259 e. The van der Waals surface area contributed by atoms with E-state index >= 15 is 0 Å². The molecule has 2 rings (SSSR count). The molecule has 0 aliphatic heterocycles. The third kappa shape index (κ3) is 3.90. The Kier molecular flexibility index (Phi) is 5.91. The third-order valence-electron chi connectivity index (χ3n) is 3.90. The van der Waals surface area contributed by atoms with Gasteiger partial charge < -0.3 is 14.8 Å². The van der Waals surface area contributed by atoms with Gasteiger partial charge in [-0.05, 0) is 25.0 Å². The van der Waals surface area contributed by atoms with E-state index in [1.165, 1.54) is 12.8 Å². The van der Waals surface area contributed by atoms with Crippen LogP contribution in [0, 0.1) is 0 Å². The van der Waals surface area contributed by atoms with Gasteiger partial charge in [0.25, 0.3) is 5.91 Å². The molecule has 1 N–H and O–H groups in total. The topological polar surface area (TPSA) is 47.6 Å². The molecule has 1 aromatic rings. The van der Waals surface area contributed by atoms with Gasteiger partial charge in [-0.25, -0.2) is 0 Å². The van der Waals surface area contributed by atoms with Gasteiger partial charge in [-0.1, -0.05) is 41.3 Å². The summed E-state index contributed by atoms with van der Waals surface area (Å²) in [6, 6.07) is 5.51. The standard InChI is InChI=1S/C16H22BrNO3/c1-20-13-9-6-10-14(21-2)15(13)16(19)18-12-8-5-3-4-7-11(12)17/h6,9-12H,3-5,7-8H2,1-2H3,(H,18,19). The molecule has 21 heavy (non-hydrogen) atoms. The van der Waals surface area contributed by atoms with Crippen molar-refractivity contribution in [3.8, 4) is 11.5 Å². The van der Waals surface area contributed by atoms with Crippen molar-refractivity contribution in [3.05, 3.63) is 23.8 Å². The van der Waals surface area contributed by atoms with Crippen molar-refractivity contribution in [1.29, 1.82) is 0 Å². The van der Waals surface area contributed by atoms with Gasteiger partial charge in [-0.2, -0.15) is 0 Å². The average Bonchev–Trinajstić information content (AvgIpc) is 2.71. The van der Waals surface area contributed by atoms with Gasteiger partial charge in [0.1, 0.15) is 17.1 Å². The van der Waals surface area contributed by atoms with Crippen LogP contribution in [0.2, 0.25) is 0 Å². The predicted octanol–water partition coefficient (Wildman–Crippen LogP) is 3.53. The molecule has 1 fully saturated rings. The number of carbonyl (C=O) groups excluding carboxylic acids is 1. The summed E-state index contributed by atoms with van der Waals surface area (Å²) in [5.74, 6) is 0.929. The molecular formula is C16H22BrNO3.